The van der Waals surface area contributed by atoms with Gasteiger partial charge in [0, 0.05) is 0 Å². The van der Waals surface area contributed by atoms with Crippen molar-refractivity contribution in [1.29, 1.82) is 0 Å². The summed E-state index contributed by atoms with van der Waals surface area (Å²) in [7, 11) is 0. The summed E-state index contributed by atoms with van der Waals surface area (Å²) in [6.45, 7) is 6.11. The average Bonchev–Trinajstić information content (AvgIpc) is 2.05. The van der Waals surface area contributed by atoms with E-state index in [1.165, 1.54) is 12.8 Å². The van der Waals surface area contributed by atoms with Gasteiger partial charge in [-0.2, -0.15) is 0 Å². The minimum Gasteiger partial charge on any atom is -0.481 e. The molecule has 0 rings (SSSR count). The zero-order valence-corrected chi connectivity index (χ0v) is 8.34. The Kier molecular flexibility index (Phi) is 5.77. The van der Waals surface area contributed by atoms with Crippen molar-refractivity contribution in [3.8, 4) is 0 Å². The minimum absolute atomic E-state index is 0.175. The summed E-state index contributed by atoms with van der Waals surface area (Å²) in [6, 6.07) is 0. The Labute approximate surface area is 75.0 Å². The Morgan fingerprint density at radius 1 is 1.25 bits per heavy atom. The van der Waals surface area contributed by atoms with Crippen molar-refractivity contribution in [1.82, 2.24) is 0 Å². The van der Waals surface area contributed by atoms with Gasteiger partial charge in [-0.1, -0.05) is 33.6 Å². The van der Waals surface area contributed by atoms with Crippen molar-refractivity contribution in [3.63, 3.8) is 0 Å². The third-order valence-corrected chi connectivity index (χ3v) is 2.58. The normalized spacial score (nSPS) is 13.3. The maximum absolute atomic E-state index is 10.5. The van der Waals surface area contributed by atoms with Crippen molar-refractivity contribution >= 4 is 5.97 Å². The van der Waals surface area contributed by atoms with Crippen LogP contribution >= 0.6 is 0 Å². The van der Waals surface area contributed by atoms with Crippen LogP contribution in [0.25, 0.3) is 0 Å². The maximum Gasteiger partial charge on any atom is 0.306 e. The quantitative estimate of drug-likeness (QED) is 0.668. The second-order valence-electron chi connectivity index (χ2n) is 3.50. The summed E-state index contributed by atoms with van der Waals surface area (Å²) < 4.78 is 0. The predicted molar refractivity (Wildman–Crippen MR) is 50.1 cm³/mol. The predicted octanol–water partition coefficient (Wildman–Crippen LogP) is 2.92. The lowest BCUT2D eigenvalue weighted by Gasteiger charge is -2.13. The van der Waals surface area contributed by atoms with Crippen LogP contribution < -0.4 is 0 Å². The number of rotatable bonds is 6. The smallest absolute Gasteiger partial charge is 0.306 e. The largest absolute Gasteiger partial charge is 0.481 e. The van der Waals surface area contributed by atoms with Crippen LogP contribution in [-0.2, 0) is 4.79 Å². The van der Waals surface area contributed by atoms with E-state index in [9.17, 15) is 4.79 Å². The van der Waals surface area contributed by atoms with Crippen LogP contribution in [0, 0.1) is 11.8 Å². The molecule has 0 aliphatic carbocycles. The van der Waals surface area contributed by atoms with E-state index in [1.807, 2.05) is 0 Å². The van der Waals surface area contributed by atoms with Crippen molar-refractivity contribution in [3.05, 3.63) is 0 Å². The molecular formula is C10H20O2. The van der Waals surface area contributed by atoms with Gasteiger partial charge in [0.25, 0.3) is 0 Å². The van der Waals surface area contributed by atoms with Crippen LogP contribution in [0.5, 0.6) is 0 Å². The van der Waals surface area contributed by atoms with Gasteiger partial charge in [-0.05, 0) is 18.8 Å². The third kappa shape index (κ3) is 4.37. The molecule has 1 atom stereocenters. The second-order valence-corrected chi connectivity index (χ2v) is 3.50. The molecule has 0 bridgehead atoms. The number of carbonyl (C=O) groups is 1. The van der Waals surface area contributed by atoms with E-state index in [2.05, 4.69) is 13.8 Å². The molecular weight excluding hydrogens is 152 g/mol. The first-order chi connectivity index (χ1) is 5.61. The highest BCUT2D eigenvalue weighted by atomic mass is 16.4. The molecule has 1 N–H and O–H groups in total. The summed E-state index contributed by atoms with van der Waals surface area (Å²) in [5, 5.41) is 8.64. The molecule has 2 nitrogen and oxygen atoms in total. The molecule has 0 fully saturated rings. The van der Waals surface area contributed by atoms with Gasteiger partial charge in [-0.3, -0.25) is 4.79 Å². The van der Waals surface area contributed by atoms with Gasteiger partial charge in [0.05, 0.1) is 5.92 Å². The molecule has 0 heterocycles. The molecule has 0 aliphatic heterocycles. The number of aliphatic carboxylic acids is 1. The molecule has 72 valence electrons. The van der Waals surface area contributed by atoms with Crippen LogP contribution in [0.2, 0.25) is 0 Å². The van der Waals surface area contributed by atoms with E-state index in [0.717, 1.165) is 12.8 Å². The highest BCUT2D eigenvalue weighted by Crippen LogP contribution is 2.18. The van der Waals surface area contributed by atoms with Gasteiger partial charge >= 0.3 is 5.97 Å². The van der Waals surface area contributed by atoms with Crippen molar-refractivity contribution in [2.45, 2.75) is 46.5 Å². The van der Waals surface area contributed by atoms with Gasteiger partial charge in [0.1, 0.15) is 0 Å². The van der Waals surface area contributed by atoms with Crippen LogP contribution in [-0.4, -0.2) is 11.1 Å². The number of hydrogen-bond donors (Lipinski definition) is 1. The van der Waals surface area contributed by atoms with E-state index < -0.39 is 5.97 Å². The topological polar surface area (TPSA) is 37.3 Å². The van der Waals surface area contributed by atoms with Gasteiger partial charge in [0.15, 0.2) is 0 Å². The van der Waals surface area contributed by atoms with Crippen LogP contribution in [0.3, 0.4) is 0 Å². The molecule has 0 spiro atoms. The van der Waals surface area contributed by atoms with Crippen LogP contribution in [0.4, 0.5) is 0 Å². The van der Waals surface area contributed by atoms with Gasteiger partial charge in [-0.15, -0.1) is 0 Å². The summed E-state index contributed by atoms with van der Waals surface area (Å²) >= 11 is 0. The summed E-state index contributed by atoms with van der Waals surface area (Å²) in [6.07, 6.45) is 4.22. The first-order valence-electron chi connectivity index (χ1n) is 4.84. The fraction of sp³-hybridized carbons (Fsp3) is 0.900. The van der Waals surface area contributed by atoms with Gasteiger partial charge in [-0.25, -0.2) is 0 Å². The van der Waals surface area contributed by atoms with E-state index in [0.29, 0.717) is 5.92 Å². The lowest BCUT2D eigenvalue weighted by atomic mass is 9.93. The fourth-order valence-corrected chi connectivity index (χ4v) is 1.31. The molecule has 0 aliphatic rings. The summed E-state index contributed by atoms with van der Waals surface area (Å²) in [4.78, 5) is 10.5. The Hall–Kier alpha value is -0.530. The SMILES string of the molecule is CCC(CC)CCC(C)C(=O)O. The third-order valence-electron chi connectivity index (χ3n) is 2.58. The van der Waals surface area contributed by atoms with E-state index in [1.54, 1.807) is 6.92 Å². The first-order valence-corrected chi connectivity index (χ1v) is 4.84. The molecule has 0 saturated carbocycles. The molecule has 0 aromatic heterocycles. The molecule has 1 unspecified atom stereocenters. The Morgan fingerprint density at radius 3 is 2.08 bits per heavy atom. The lowest BCUT2D eigenvalue weighted by molar-refractivity contribution is -0.141. The highest BCUT2D eigenvalue weighted by Gasteiger charge is 2.12. The van der Waals surface area contributed by atoms with E-state index >= 15 is 0 Å². The second kappa shape index (κ2) is 6.04. The molecule has 0 aromatic carbocycles. The van der Waals surface area contributed by atoms with E-state index in [-0.39, 0.29) is 5.92 Å². The molecule has 2 heteroatoms. The average molecular weight is 172 g/mol. The van der Waals surface area contributed by atoms with Crippen LogP contribution in [0.15, 0.2) is 0 Å². The van der Waals surface area contributed by atoms with Gasteiger partial charge < -0.3 is 5.11 Å². The van der Waals surface area contributed by atoms with Gasteiger partial charge in [0.2, 0.25) is 0 Å². The molecule has 0 aromatic rings. The zero-order valence-electron chi connectivity index (χ0n) is 8.34. The highest BCUT2D eigenvalue weighted by molar-refractivity contribution is 5.69. The van der Waals surface area contributed by atoms with Crippen molar-refractivity contribution in [2.24, 2.45) is 11.8 Å². The fourth-order valence-electron chi connectivity index (χ4n) is 1.31. The number of hydrogen-bond acceptors (Lipinski definition) is 1. The Balaban J connectivity index is 3.58. The summed E-state index contributed by atoms with van der Waals surface area (Å²) in [5.74, 6) is -0.127. The molecule has 12 heavy (non-hydrogen) atoms. The Morgan fingerprint density at radius 2 is 1.75 bits per heavy atom. The molecule has 0 radical (unpaired) electrons. The van der Waals surface area contributed by atoms with E-state index in [4.69, 9.17) is 5.11 Å². The van der Waals surface area contributed by atoms with Crippen LogP contribution in [0.1, 0.15) is 46.5 Å². The first kappa shape index (κ1) is 11.5. The standard InChI is InChI=1S/C10H20O2/c1-4-9(5-2)7-6-8(3)10(11)12/h8-9H,4-7H2,1-3H3,(H,11,12). The summed E-state index contributed by atoms with van der Waals surface area (Å²) in [5.41, 5.74) is 0. The molecule has 0 amide bonds. The molecule has 0 saturated heterocycles. The number of carboxylic acids is 1. The zero-order chi connectivity index (χ0) is 9.56. The minimum atomic E-state index is -0.666. The number of carboxylic acid groups (broad SMARTS) is 1. The lowest BCUT2D eigenvalue weighted by Crippen LogP contribution is -2.11. The maximum atomic E-state index is 10.5. The van der Waals surface area contributed by atoms with Crippen molar-refractivity contribution in [2.75, 3.05) is 0 Å². The monoisotopic (exact) mass is 172 g/mol. The van der Waals surface area contributed by atoms with Crippen molar-refractivity contribution < 1.29 is 9.90 Å². The Bertz CT molecular complexity index is 128.